The van der Waals surface area contributed by atoms with E-state index in [2.05, 4.69) is 46.4 Å². The van der Waals surface area contributed by atoms with E-state index in [-0.39, 0.29) is 0 Å². The highest BCUT2D eigenvalue weighted by Crippen LogP contribution is 2.33. The molecule has 1 saturated heterocycles. The quantitative estimate of drug-likeness (QED) is 0.620. The Morgan fingerprint density at radius 1 is 1.06 bits per heavy atom. The molecule has 0 bridgehead atoms. The maximum absolute atomic E-state index is 2.63. The van der Waals surface area contributed by atoms with Crippen LogP contribution in [0.1, 0.15) is 60.8 Å². The molecule has 0 saturated carbocycles. The van der Waals surface area contributed by atoms with E-state index in [1.807, 2.05) is 0 Å². The molecule has 0 aliphatic carbocycles. The van der Waals surface area contributed by atoms with Crippen molar-refractivity contribution in [2.75, 3.05) is 19.6 Å². The standard InChI is InChI=1S/C16H33N/c1-13(2)14(3)9-7-8-10-17-11-15(12-17)16(4,5)6/h13-15H,7-12H2,1-6H3. The number of unbranched alkanes of at least 4 members (excludes halogenated alkanes) is 1. The Balaban J connectivity index is 2.00. The van der Waals surface area contributed by atoms with Crippen LogP contribution in [0.2, 0.25) is 0 Å². The second-order valence-corrected chi connectivity index (χ2v) is 7.54. The first-order valence-electron chi connectivity index (χ1n) is 7.53. The molecular weight excluding hydrogens is 206 g/mol. The maximum Gasteiger partial charge on any atom is 0.00270 e. The molecule has 17 heavy (non-hydrogen) atoms. The fourth-order valence-corrected chi connectivity index (χ4v) is 2.44. The molecule has 1 aliphatic rings. The topological polar surface area (TPSA) is 3.24 Å². The van der Waals surface area contributed by atoms with Gasteiger partial charge in [-0.3, -0.25) is 0 Å². The Kier molecular flexibility index (Phi) is 5.50. The lowest BCUT2D eigenvalue weighted by Crippen LogP contribution is -2.52. The number of rotatable bonds is 6. The van der Waals surface area contributed by atoms with Gasteiger partial charge in [0, 0.05) is 13.1 Å². The van der Waals surface area contributed by atoms with Crippen LogP contribution in [-0.4, -0.2) is 24.5 Å². The largest absolute Gasteiger partial charge is 0.303 e. The monoisotopic (exact) mass is 239 g/mol. The molecule has 1 rings (SSSR count). The summed E-state index contributed by atoms with van der Waals surface area (Å²) in [6, 6.07) is 0. The third-order valence-electron chi connectivity index (χ3n) is 4.70. The molecule has 0 N–H and O–H groups in total. The van der Waals surface area contributed by atoms with E-state index < -0.39 is 0 Å². The molecule has 102 valence electrons. The highest BCUT2D eigenvalue weighted by molar-refractivity contribution is 4.87. The van der Waals surface area contributed by atoms with Gasteiger partial charge in [-0.25, -0.2) is 0 Å². The minimum atomic E-state index is 0.517. The summed E-state index contributed by atoms with van der Waals surface area (Å²) in [4.78, 5) is 2.63. The number of likely N-dealkylation sites (tertiary alicyclic amines) is 1. The Bertz CT molecular complexity index is 208. The lowest BCUT2D eigenvalue weighted by Gasteiger charge is -2.46. The number of hydrogen-bond acceptors (Lipinski definition) is 1. The van der Waals surface area contributed by atoms with Crippen molar-refractivity contribution >= 4 is 0 Å². The van der Waals surface area contributed by atoms with Crippen molar-refractivity contribution in [2.45, 2.75) is 60.8 Å². The third-order valence-corrected chi connectivity index (χ3v) is 4.70. The summed E-state index contributed by atoms with van der Waals surface area (Å²) in [6.45, 7) is 18.2. The van der Waals surface area contributed by atoms with E-state index in [0.29, 0.717) is 5.41 Å². The van der Waals surface area contributed by atoms with Gasteiger partial charge in [0.25, 0.3) is 0 Å². The zero-order valence-electron chi connectivity index (χ0n) is 12.9. The minimum absolute atomic E-state index is 0.517. The van der Waals surface area contributed by atoms with Crippen LogP contribution in [-0.2, 0) is 0 Å². The van der Waals surface area contributed by atoms with Crippen LogP contribution in [0.5, 0.6) is 0 Å². The molecular formula is C16H33N. The highest BCUT2D eigenvalue weighted by atomic mass is 15.2. The predicted octanol–water partition coefficient (Wildman–Crippen LogP) is 4.43. The highest BCUT2D eigenvalue weighted by Gasteiger charge is 2.34. The van der Waals surface area contributed by atoms with Crippen molar-refractivity contribution in [3.63, 3.8) is 0 Å². The molecule has 0 spiro atoms. The fourth-order valence-electron chi connectivity index (χ4n) is 2.44. The second kappa shape index (κ2) is 6.22. The summed E-state index contributed by atoms with van der Waals surface area (Å²) in [5.41, 5.74) is 0.517. The minimum Gasteiger partial charge on any atom is -0.303 e. The summed E-state index contributed by atoms with van der Waals surface area (Å²) in [5.74, 6) is 2.68. The van der Waals surface area contributed by atoms with Crippen molar-refractivity contribution in [1.82, 2.24) is 4.90 Å². The Morgan fingerprint density at radius 3 is 2.12 bits per heavy atom. The molecule has 0 aromatic carbocycles. The van der Waals surface area contributed by atoms with E-state index in [4.69, 9.17) is 0 Å². The van der Waals surface area contributed by atoms with Crippen LogP contribution in [0.25, 0.3) is 0 Å². The number of nitrogens with zero attached hydrogens (tertiary/aromatic N) is 1. The average molecular weight is 239 g/mol. The lowest BCUT2D eigenvalue weighted by atomic mass is 9.76. The van der Waals surface area contributed by atoms with Gasteiger partial charge in [-0.2, -0.15) is 0 Å². The van der Waals surface area contributed by atoms with Crippen molar-refractivity contribution in [2.24, 2.45) is 23.2 Å². The van der Waals surface area contributed by atoms with Gasteiger partial charge >= 0.3 is 0 Å². The molecule has 1 aliphatic heterocycles. The third kappa shape index (κ3) is 4.99. The van der Waals surface area contributed by atoms with Crippen LogP contribution in [0, 0.1) is 23.2 Å². The van der Waals surface area contributed by atoms with Crippen LogP contribution in [0.3, 0.4) is 0 Å². The van der Waals surface area contributed by atoms with Crippen LogP contribution in [0.4, 0.5) is 0 Å². The van der Waals surface area contributed by atoms with Gasteiger partial charge in [-0.05, 0) is 36.1 Å². The van der Waals surface area contributed by atoms with Crippen LogP contribution < -0.4 is 0 Å². The van der Waals surface area contributed by atoms with Gasteiger partial charge in [0.15, 0.2) is 0 Å². The molecule has 1 heteroatoms. The predicted molar refractivity (Wildman–Crippen MR) is 77.2 cm³/mol. The summed E-state index contributed by atoms with van der Waals surface area (Å²) in [5, 5.41) is 0. The van der Waals surface area contributed by atoms with Gasteiger partial charge in [-0.15, -0.1) is 0 Å². The fraction of sp³-hybridized carbons (Fsp3) is 1.00. The van der Waals surface area contributed by atoms with Crippen LogP contribution in [0.15, 0.2) is 0 Å². The molecule has 1 unspecified atom stereocenters. The summed E-state index contributed by atoms with van der Waals surface area (Å²) in [6.07, 6.45) is 4.22. The molecule has 0 radical (unpaired) electrons. The van der Waals surface area contributed by atoms with Gasteiger partial charge in [0.1, 0.15) is 0 Å². The van der Waals surface area contributed by atoms with Crippen LogP contribution >= 0.6 is 0 Å². The zero-order chi connectivity index (χ0) is 13.1. The molecule has 0 aromatic rings. The van der Waals surface area contributed by atoms with E-state index in [1.165, 1.54) is 38.9 Å². The van der Waals surface area contributed by atoms with Crippen molar-refractivity contribution in [3.8, 4) is 0 Å². The van der Waals surface area contributed by atoms with Crippen molar-refractivity contribution in [1.29, 1.82) is 0 Å². The first kappa shape index (κ1) is 15.0. The number of hydrogen-bond donors (Lipinski definition) is 0. The summed E-state index contributed by atoms with van der Waals surface area (Å²) < 4.78 is 0. The van der Waals surface area contributed by atoms with Crippen molar-refractivity contribution < 1.29 is 0 Å². The SMILES string of the molecule is CC(C)C(C)CCCCN1CC(C(C)(C)C)C1. The second-order valence-electron chi connectivity index (χ2n) is 7.54. The zero-order valence-corrected chi connectivity index (χ0v) is 12.9. The smallest absolute Gasteiger partial charge is 0.00270 e. The molecule has 1 nitrogen and oxygen atoms in total. The van der Waals surface area contributed by atoms with E-state index in [9.17, 15) is 0 Å². The molecule has 0 amide bonds. The van der Waals surface area contributed by atoms with Gasteiger partial charge in [0.2, 0.25) is 0 Å². The molecule has 0 aromatic heterocycles. The van der Waals surface area contributed by atoms with Gasteiger partial charge in [0.05, 0.1) is 0 Å². The van der Waals surface area contributed by atoms with E-state index in [0.717, 1.165) is 17.8 Å². The lowest BCUT2D eigenvalue weighted by molar-refractivity contribution is 0.0236. The first-order chi connectivity index (χ1) is 7.80. The summed E-state index contributed by atoms with van der Waals surface area (Å²) >= 11 is 0. The molecule has 1 heterocycles. The Hall–Kier alpha value is -0.0400. The Labute approximate surface area is 109 Å². The molecule has 1 atom stereocenters. The average Bonchev–Trinajstić information content (AvgIpc) is 2.11. The van der Waals surface area contributed by atoms with Gasteiger partial charge in [-0.1, -0.05) is 54.4 Å². The first-order valence-corrected chi connectivity index (χ1v) is 7.53. The Morgan fingerprint density at radius 2 is 1.65 bits per heavy atom. The van der Waals surface area contributed by atoms with Gasteiger partial charge < -0.3 is 4.90 Å². The summed E-state index contributed by atoms with van der Waals surface area (Å²) in [7, 11) is 0. The normalized spacial score (nSPS) is 20.6. The van der Waals surface area contributed by atoms with E-state index in [1.54, 1.807) is 0 Å². The van der Waals surface area contributed by atoms with Crippen molar-refractivity contribution in [3.05, 3.63) is 0 Å². The maximum atomic E-state index is 2.63. The molecule has 1 fully saturated rings. The van der Waals surface area contributed by atoms with E-state index >= 15 is 0 Å².